The van der Waals surface area contributed by atoms with E-state index in [-0.39, 0.29) is 55.9 Å². The van der Waals surface area contributed by atoms with E-state index in [1.807, 2.05) is 30.5 Å². The average Bonchev–Trinajstić information content (AvgIpc) is 3.14. The van der Waals surface area contributed by atoms with E-state index in [9.17, 15) is 14.7 Å². The molecule has 33 heavy (non-hydrogen) atoms. The summed E-state index contributed by atoms with van der Waals surface area (Å²) in [5.74, 6) is -1.88. The fourth-order valence-corrected chi connectivity index (χ4v) is 4.60. The lowest BCUT2D eigenvalue weighted by Crippen LogP contribution is -2.60. The quantitative estimate of drug-likeness (QED) is 0.251. The average molecular weight is 503 g/mol. The Balaban J connectivity index is 0.00000272. The Kier molecular flexibility index (Phi) is 11.1. The third-order valence-corrected chi connectivity index (χ3v) is 6.48. The van der Waals surface area contributed by atoms with Crippen molar-refractivity contribution in [3.63, 3.8) is 0 Å². The maximum Gasteiger partial charge on any atom is 0.451 e. The third kappa shape index (κ3) is 7.08. The van der Waals surface area contributed by atoms with Crippen LogP contribution in [0.5, 0.6) is 0 Å². The molecule has 0 unspecified atom stereocenters. The van der Waals surface area contributed by atoms with E-state index in [4.69, 9.17) is 21.5 Å². The number of aromatic amines is 1. The second-order valence-corrected chi connectivity index (χ2v) is 8.66. The lowest BCUT2D eigenvalue weighted by atomic mass is 9.66. The Morgan fingerprint density at radius 2 is 1.94 bits per heavy atom. The summed E-state index contributed by atoms with van der Waals surface area (Å²) >= 11 is 0. The van der Waals surface area contributed by atoms with E-state index in [2.05, 4.69) is 10.3 Å². The van der Waals surface area contributed by atoms with Gasteiger partial charge in [-0.2, -0.15) is 0 Å². The lowest BCUT2D eigenvalue weighted by Gasteiger charge is -2.41. The number of nitrogens with one attached hydrogen (secondary N) is 2. The smallest absolute Gasteiger partial charge is 0.451 e. The highest BCUT2D eigenvalue weighted by molar-refractivity contribution is 6.40. The highest BCUT2D eigenvalue weighted by Gasteiger charge is 2.47. The van der Waals surface area contributed by atoms with Gasteiger partial charge in [-0.1, -0.05) is 24.6 Å². The van der Waals surface area contributed by atoms with Gasteiger partial charge in [0.1, 0.15) is 5.54 Å². The highest BCUT2D eigenvalue weighted by atomic mass is 35.5. The largest absolute Gasteiger partial charge is 0.480 e. The van der Waals surface area contributed by atoms with Gasteiger partial charge in [0.2, 0.25) is 5.91 Å². The summed E-state index contributed by atoms with van der Waals surface area (Å²) < 4.78 is 0. The molecule has 9 nitrogen and oxygen atoms in total. The predicted molar refractivity (Wildman–Crippen MR) is 132 cm³/mol. The van der Waals surface area contributed by atoms with Crippen molar-refractivity contribution in [1.29, 1.82) is 0 Å². The molecule has 1 aromatic heterocycles. The molecule has 0 aliphatic heterocycles. The predicted octanol–water partition coefficient (Wildman–Crippen LogP) is 1.06. The number of aliphatic carboxylic acids is 1. The van der Waals surface area contributed by atoms with Gasteiger partial charge in [-0.15, -0.1) is 24.8 Å². The van der Waals surface area contributed by atoms with Crippen LogP contribution in [0.3, 0.4) is 0 Å². The molecule has 1 saturated carbocycles. The normalized spacial score (nSPS) is 23.2. The minimum Gasteiger partial charge on any atom is -0.480 e. The van der Waals surface area contributed by atoms with Gasteiger partial charge >= 0.3 is 13.1 Å². The summed E-state index contributed by atoms with van der Waals surface area (Å²) in [4.78, 5) is 27.7. The number of carbonyl (C=O) groups is 2. The van der Waals surface area contributed by atoms with Crippen LogP contribution in [0.1, 0.15) is 31.2 Å². The molecule has 4 atom stereocenters. The van der Waals surface area contributed by atoms with Gasteiger partial charge in [0.15, 0.2) is 0 Å². The maximum atomic E-state index is 12.6. The molecule has 0 bridgehead atoms. The number of amides is 1. The Bertz CT molecular complexity index is 931. The van der Waals surface area contributed by atoms with Crippen molar-refractivity contribution in [3.8, 4) is 0 Å². The molecule has 1 aliphatic rings. The molecular formula is C21H33BCl2N4O5. The number of carbonyl (C=O) groups excluding carboxylic acids is 1. The molecule has 0 radical (unpaired) electrons. The molecule has 9 N–H and O–H groups in total. The van der Waals surface area contributed by atoms with Gasteiger partial charge in [0.05, 0.1) is 6.04 Å². The molecule has 3 rings (SSSR count). The first-order chi connectivity index (χ1) is 14.7. The summed E-state index contributed by atoms with van der Waals surface area (Å²) in [5.41, 5.74) is 12.8. The minimum atomic E-state index is -1.47. The van der Waals surface area contributed by atoms with E-state index in [1.165, 1.54) is 0 Å². The number of carboxylic acids is 1. The second kappa shape index (κ2) is 12.6. The number of para-hydroxylation sites is 1. The molecule has 1 aromatic carbocycles. The third-order valence-electron chi connectivity index (χ3n) is 6.48. The number of rotatable bonds is 9. The standard InChI is InChI=1S/C21H31BN4O5.2ClH/c23-17(9-14-11-25-18-4-2-1-3-16(14)18)19(27)26-12-15-6-5-13(7-8-22(30)31)10-21(15,24)20(28)29;;/h1-4,11,13,15,17,25,30-31H,5-10,12,23-24H2,(H,26,27)(H,28,29);2*1H/t13-,15-,17-,21+;;/m0../s1. The molecular weight excluding hydrogens is 470 g/mol. The van der Waals surface area contributed by atoms with E-state index < -0.39 is 30.6 Å². The molecule has 1 amide bonds. The van der Waals surface area contributed by atoms with Crippen LogP contribution in [0.2, 0.25) is 6.32 Å². The van der Waals surface area contributed by atoms with Crippen molar-refractivity contribution in [3.05, 3.63) is 36.0 Å². The number of benzene rings is 1. The molecule has 1 fully saturated rings. The number of fused-ring (bicyclic) bond motifs is 1. The summed E-state index contributed by atoms with van der Waals surface area (Å²) in [7, 11) is -1.41. The topological polar surface area (TPSA) is 175 Å². The molecule has 2 aromatic rings. The van der Waals surface area contributed by atoms with Crippen LogP contribution in [0, 0.1) is 11.8 Å². The van der Waals surface area contributed by atoms with Crippen LogP contribution < -0.4 is 16.8 Å². The number of halogens is 2. The zero-order chi connectivity index (χ0) is 22.6. The van der Waals surface area contributed by atoms with Crippen LogP contribution >= 0.6 is 24.8 Å². The van der Waals surface area contributed by atoms with Crippen molar-refractivity contribution in [2.45, 2.75) is 50.0 Å². The minimum absolute atomic E-state index is 0. The molecule has 0 saturated heterocycles. The van der Waals surface area contributed by atoms with Crippen LogP contribution in [0.15, 0.2) is 30.5 Å². The number of hydrogen-bond donors (Lipinski definition) is 7. The van der Waals surface area contributed by atoms with Gasteiger partial charge < -0.3 is 36.9 Å². The van der Waals surface area contributed by atoms with E-state index in [1.54, 1.807) is 0 Å². The number of nitrogens with two attached hydrogens (primary N) is 2. The Morgan fingerprint density at radius 1 is 1.24 bits per heavy atom. The first kappa shape index (κ1) is 29.2. The van der Waals surface area contributed by atoms with Crippen molar-refractivity contribution in [2.75, 3.05) is 6.54 Å². The van der Waals surface area contributed by atoms with Gasteiger partial charge in [0.25, 0.3) is 0 Å². The second-order valence-electron chi connectivity index (χ2n) is 8.66. The molecule has 1 heterocycles. The highest BCUT2D eigenvalue weighted by Crippen LogP contribution is 2.38. The number of carboxylic acid groups (broad SMARTS) is 1. The van der Waals surface area contributed by atoms with E-state index >= 15 is 0 Å². The summed E-state index contributed by atoms with van der Waals surface area (Å²) in [5, 5.41) is 31.7. The SMILES string of the molecule is Cl.Cl.N[C@@H](Cc1c[nH]c2ccccc12)C(=O)NC[C@@H]1CC[C@@H](CCB(O)O)C[C@]1(N)C(=O)O. The van der Waals surface area contributed by atoms with Crippen LogP contribution in [-0.2, 0) is 16.0 Å². The Hall–Kier alpha value is -1.82. The summed E-state index contributed by atoms with van der Waals surface area (Å²) in [6.45, 7) is 0.137. The summed E-state index contributed by atoms with van der Waals surface area (Å²) in [6.07, 6.45) is 4.38. The number of hydrogen-bond acceptors (Lipinski definition) is 6. The first-order valence-corrected chi connectivity index (χ1v) is 10.7. The maximum absolute atomic E-state index is 12.6. The zero-order valence-electron chi connectivity index (χ0n) is 18.3. The molecule has 0 spiro atoms. The van der Waals surface area contributed by atoms with Crippen molar-refractivity contribution >= 4 is 54.7 Å². The monoisotopic (exact) mass is 502 g/mol. The van der Waals surface area contributed by atoms with Crippen LogP contribution in [0.25, 0.3) is 10.9 Å². The van der Waals surface area contributed by atoms with Crippen LogP contribution in [-0.4, -0.2) is 57.3 Å². The Morgan fingerprint density at radius 3 is 2.61 bits per heavy atom. The van der Waals surface area contributed by atoms with Crippen molar-refractivity contribution in [2.24, 2.45) is 23.3 Å². The van der Waals surface area contributed by atoms with Gasteiger partial charge in [-0.05, 0) is 49.6 Å². The van der Waals surface area contributed by atoms with E-state index in [0.29, 0.717) is 19.3 Å². The van der Waals surface area contributed by atoms with Crippen molar-refractivity contribution in [1.82, 2.24) is 10.3 Å². The van der Waals surface area contributed by atoms with Gasteiger partial charge in [-0.25, -0.2) is 0 Å². The van der Waals surface area contributed by atoms with Gasteiger partial charge in [0, 0.05) is 29.6 Å². The fraction of sp³-hybridized carbons (Fsp3) is 0.524. The van der Waals surface area contributed by atoms with Crippen LogP contribution in [0.4, 0.5) is 0 Å². The molecule has 12 heteroatoms. The lowest BCUT2D eigenvalue weighted by molar-refractivity contribution is -0.148. The molecule has 184 valence electrons. The molecule has 1 aliphatic carbocycles. The van der Waals surface area contributed by atoms with E-state index in [0.717, 1.165) is 22.9 Å². The zero-order valence-corrected chi connectivity index (χ0v) is 19.9. The van der Waals surface area contributed by atoms with Gasteiger partial charge in [-0.3, -0.25) is 9.59 Å². The van der Waals surface area contributed by atoms with Crippen molar-refractivity contribution < 1.29 is 24.7 Å². The number of H-pyrrole nitrogens is 1. The fourth-order valence-electron chi connectivity index (χ4n) is 4.60. The summed E-state index contributed by atoms with van der Waals surface area (Å²) in [6, 6.07) is 7.01. The number of aromatic nitrogens is 1. The first-order valence-electron chi connectivity index (χ1n) is 10.7. The Labute approximate surface area is 205 Å².